The Kier molecular flexibility index (Phi) is 7.48. The van der Waals surface area contributed by atoms with Gasteiger partial charge in [0.25, 0.3) is 0 Å². The standard InChI is InChI=1S/C29H38N2O2/c1-28(2,3)23-17-22(27(33)25(18-23)29(4,5)6)20-31(16-14-24-12-9-10-15-30-24)19-21-11-7-8-13-26(21)32/h7-13,15,17-18,32-33H,14,16,19-20H2,1-6H3. The fraction of sp³-hybridized carbons (Fsp3) is 0.414. The van der Waals surface area contributed by atoms with Gasteiger partial charge in [0.05, 0.1) is 0 Å². The Morgan fingerprint density at radius 1 is 0.788 bits per heavy atom. The van der Waals surface area contributed by atoms with Crippen LogP contribution in [0.1, 0.15) is 69.5 Å². The smallest absolute Gasteiger partial charge is 0.123 e. The molecule has 1 heterocycles. The molecule has 2 aromatic carbocycles. The average molecular weight is 447 g/mol. The predicted molar refractivity (Wildman–Crippen MR) is 136 cm³/mol. The largest absolute Gasteiger partial charge is 0.508 e. The van der Waals surface area contributed by atoms with Crippen LogP contribution < -0.4 is 0 Å². The van der Waals surface area contributed by atoms with Crippen molar-refractivity contribution in [3.05, 3.63) is 88.7 Å². The lowest BCUT2D eigenvalue weighted by molar-refractivity contribution is 0.251. The molecule has 0 aliphatic carbocycles. The molecule has 0 aliphatic heterocycles. The van der Waals surface area contributed by atoms with Crippen LogP contribution in [0.2, 0.25) is 0 Å². The molecule has 3 rings (SSSR count). The van der Waals surface area contributed by atoms with E-state index in [1.165, 1.54) is 5.56 Å². The Hall–Kier alpha value is -2.85. The molecule has 0 bridgehead atoms. The molecule has 0 saturated heterocycles. The highest BCUT2D eigenvalue weighted by Crippen LogP contribution is 2.38. The number of rotatable bonds is 7. The highest BCUT2D eigenvalue weighted by atomic mass is 16.3. The summed E-state index contributed by atoms with van der Waals surface area (Å²) in [6.07, 6.45) is 2.61. The summed E-state index contributed by atoms with van der Waals surface area (Å²) in [4.78, 5) is 6.74. The number of phenolic OH excluding ortho intramolecular Hbond substituents is 2. The van der Waals surface area contributed by atoms with Crippen LogP contribution in [0.3, 0.4) is 0 Å². The Labute approximate surface area is 198 Å². The van der Waals surface area contributed by atoms with E-state index in [0.717, 1.165) is 35.3 Å². The second kappa shape index (κ2) is 9.96. The Morgan fingerprint density at radius 2 is 1.45 bits per heavy atom. The quantitative estimate of drug-likeness (QED) is 0.445. The molecule has 33 heavy (non-hydrogen) atoms. The number of aromatic nitrogens is 1. The maximum atomic E-state index is 11.3. The van der Waals surface area contributed by atoms with Gasteiger partial charge in [0.2, 0.25) is 0 Å². The Morgan fingerprint density at radius 3 is 2.06 bits per heavy atom. The van der Waals surface area contributed by atoms with Gasteiger partial charge in [-0.2, -0.15) is 0 Å². The van der Waals surface area contributed by atoms with Crippen LogP contribution in [0.15, 0.2) is 60.8 Å². The van der Waals surface area contributed by atoms with Crippen molar-refractivity contribution < 1.29 is 10.2 Å². The van der Waals surface area contributed by atoms with E-state index in [4.69, 9.17) is 0 Å². The number of aromatic hydroxyl groups is 2. The van der Waals surface area contributed by atoms with E-state index in [-0.39, 0.29) is 10.8 Å². The normalized spacial score (nSPS) is 12.3. The van der Waals surface area contributed by atoms with E-state index in [9.17, 15) is 10.2 Å². The van der Waals surface area contributed by atoms with Gasteiger partial charge in [-0.1, -0.05) is 77.9 Å². The summed E-state index contributed by atoms with van der Waals surface area (Å²) in [6.45, 7) is 15.0. The summed E-state index contributed by atoms with van der Waals surface area (Å²) in [5, 5.41) is 21.7. The van der Waals surface area contributed by atoms with Crippen LogP contribution in [-0.4, -0.2) is 26.6 Å². The van der Waals surface area contributed by atoms with Crippen molar-refractivity contribution in [2.24, 2.45) is 0 Å². The third-order valence-electron chi connectivity index (χ3n) is 6.05. The summed E-state index contributed by atoms with van der Waals surface area (Å²) in [5.74, 6) is 0.666. The molecule has 0 aliphatic rings. The second-order valence-corrected chi connectivity index (χ2v) is 10.9. The van der Waals surface area contributed by atoms with Crippen molar-refractivity contribution in [3.63, 3.8) is 0 Å². The summed E-state index contributed by atoms with van der Waals surface area (Å²) in [6, 6.07) is 17.7. The van der Waals surface area contributed by atoms with Gasteiger partial charge in [0.15, 0.2) is 0 Å². The molecule has 0 amide bonds. The van der Waals surface area contributed by atoms with E-state index in [1.54, 1.807) is 6.07 Å². The summed E-state index contributed by atoms with van der Waals surface area (Å²) < 4.78 is 0. The topological polar surface area (TPSA) is 56.6 Å². The monoisotopic (exact) mass is 446 g/mol. The molecule has 0 fully saturated rings. The Bertz CT molecular complexity index is 1060. The van der Waals surface area contributed by atoms with Crippen LogP contribution in [0, 0.1) is 0 Å². The molecule has 0 saturated carbocycles. The first-order chi connectivity index (χ1) is 15.4. The Balaban J connectivity index is 1.97. The van der Waals surface area contributed by atoms with Crippen LogP contribution in [0.5, 0.6) is 11.5 Å². The van der Waals surface area contributed by atoms with Gasteiger partial charge in [0, 0.05) is 49.1 Å². The lowest BCUT2D eigenvalue weighted by atomic mass is 9.79. The number of pyridine rings is 1. The van der Waals surface area contributed by atoms with E-state index in [2.05, 4.69) is 63.6 Å². The van der Waals surface area contributed by atoms with Gasteiger partial charge in [0.1, 0.15) is 11.5 Å². The second-order valence-electron chi connectivity index (χ2n) is 10.9. The molecule has 0 spiro atoms. The molecule has 0 radical (unpaired) electrons. The minimum absolute atomic E-state index is 0.0288. The van der Waals surface area contributed by atoms with Crippen LogP contribution in [-0.2, 0) is 30.3 Å². The summed E-state index contributed by atoms with van der Waals surface area (Å²) >= 11 is 0. The summed E-state index contributed by atoms with van der Waals surface area (Å²) in [7, 11) is 0. The van der Waals surface area contributed by atoms with Gasteiger partial charge < -0.3 is 10.2 Å². The zero-order valence-corrected chi connectivity index (χ0v) is 20.9. The minimum atomic E-state index is -0.170. The number of benzene rings is 2. The average Bonchev–Trinajstić information content (AvgIpc) is 2.74. The minimum Gasteiger partial charge on any atom is -0.508 e. The van der Waals surface area contributed by atoms with Crippen molar-refractivity contribution in [3.8, 4) is 11.5 Å². The third-order valence-corrected chi connectivity index (χ3v) is 6.05. The molecule has 4 heteroatoms. The van der Waals surface area contributed by atoms with Crippen molar-refractivity contribution >= 4 is 0 Å². The van der Waals surface area contributed by atoms with Gasteiger partial charge in [-0.3, -0.25) is 9.88 Å². The highest BCUT2D eigenvalue weighted by Gasteiger charge is 2.25. The van der Waals surface area contributed by atoms with Crippen molar-refractivity contribution in [2.75, 3.05) is 6.54 Å². The van der Waals surface area contributed by atoms with Gasteiger partial charge in [-0.05, 0) is 40.2 Å². The zero-order chi connectivity index (χ0) is 24.2. The fourth-order valence-corrected chi connectivity index (χ4v) is 3.98. The zero-order valence-electron chi connectivity index (χ0n) is 20.9. The van der Waals surface area contributed by atoms with Crippen molar-refractivity contribution in [2.45, 2.75) is 71.9 Å². The van der Waals surface area contributed by atoms with E-state index < -0.39 is 0 Å². The van der Waals surface area contributed by atoms with Crippen LogP contribution in [0.25, 0.3) is 0 Å². The molecular formula is C29H38N2O2. The highest BCUT2D eigenvalue weighted by molar-refractivity contribution is 5.48. The van der Waals surface area contributed by atoms with Crippen LogP contribution in [0.4, 0.5) is 0 Å². The van der Waals surface area contributed by atoms with Crippen molar-refractivity contribution in [1.82, 2.24) is 9.88 Å². The number of para-hydroxylation sites is 1. The van der Waals surface area contributed by atoms with Gasteiger partial charge in [-0.25, -0.2) is 0 Å². The molecular weight excluding hydrogens is 408 g/mol. The van der Waals surface area contributed by atoms with Crippen molar-refractivity contribution in [1.29, 1.82) is 0 Å². The van der Waals surface area contributed by atoms with E-state index in [1.807, 2.05) is 42.6 Å². The number of hydrogen-bond donors (Lipinski definition) is 2. The molecule has 2 N–H and O–H groups in total. The molecule has 176 valence electrons. The van der Waals surface area contributed by atoms with Gasteiger partial charge >= 0.3 is 0 Å². The molecule has 0 unspecified atom stereocenters. The molecule has 4 nitrogen and oxygen atoms in total. The predicted octanol–water partition coefficient (Wildman–Crippen LogP) is 6.33. The first-order valence-corrected chi connectivity index (χ1v) is 11.7. The lowest BCUT2D eigenvalue weighted by Crippen LogP contribution is -2.26. The van der Waals surface area contributed by atoms with E-state index >= 15 is 0 Å². The maximum Gasteiger partial charge on any atom is 0.123 e. The maximum absolute atomic E-state index is 11.3. The first-order valence-electron chi connectivity index (χ1n) is 11.7. The lowest BCUT2D eigenvalue weighted by Gasteiger charge is -2.29. The molecule has 0 atom stereocenters. The van der Waals surface area contributed by atoms with E-state index in [0.29, 0.717) is 24.6 Å². The van der Waals surface area contributed by atoms with Gasteiger partial charge in [-0.15, -0.1) is 0 Å². The summed E-state index contributed by atoms with van der Waals surface area (Å²) in [5.41, 5.74) is 4.81. The number of hydrogen-bond acceptors (Lipinski definition) is 4. The van der Waals surface area contributed by atoms with Crippen LogP contribution >= 0.6 is 0 Å². The molecule has 1 aromatic heterocycles. The fourth-order valence-electron chi connectivity index (χ4n) is 3.98. The SMILES string of the molecule is CC(C)(C)c1cc(CN(CCc2ccccn2)Cc2ccccc2O)c(O)c(C(C)(C)C)c1. The molecule has 3 aromatic rings. The first kappa shape index (κ1) is 24.8. The number of nitrogens with zero attached hydrogens (tertiary/aromatic N) is 2. The third kappa shape index (κ3) is 6.58. The number of phenols is 2.